The fraction of sp³-hybridized carbons (Fsp3) is 0.389. The molecule has 0 radical (unpaired) electrons. The maximum atomic E-state index is 12.1. The van der Waals surface area contributed by atoms with E-state index in [1.807, 2.05) is 0 Å². The molecule has 1 aliphatic heterocycles. The van der Waals surface area contributed by atoms with Gasteiger partial charge in [-0.3, -0.25) is 4.79 Å². The molecule has 0 aromatic heterocycles. The second-order valence-electron chi connectivity index (χ2n) is 5.70. The molecule has 1 heterocycles. The molecule has 0 bridgehead atoms. The Bertz CT molecular complexity index is 612. The minimum atomic E-state index is 0.193. The van der Waals surface area contributed by atoms with Crippen LogP contribution in [0.25, 0.3) is 10.8 Å². The SMILES string of the molecule is O=C(NCCc1cccc2ccccc12)C1CCNCC1. The molecule has 3 heteroatoms. The van der Waals surface area contributed by atoms with Gasteiger partial charge >= 0.3 is 0 Å². The van der Waals surface area contributed by atoms with Crippen LogP contribution in [0, 0.1) is 5.92 Å². The fourth-order valence-electron chi connectivity index (χ4n) is 3.06. The van der Waals surface area contributed by atoms with Gasteiger partial charge in [0.2, 0.25) is 5.91 Å². The van der Waals surface area contributed by atoms with Gasteiger partial charge < -0.3 is 10.6 Å². The van der Waals surface area contributed by atoms with Crippen molar-refractivity contribution in [2.24, 2.45) is 5.92 Å². The monoisotopic (exact) mass is 282 g/mol. The third-order valence-electron chi connectivity index (χ3n) is 4.28. The molecule has 2 N–H and O–H groups in total. The van der Waals surface area contributed by atoms with Crippen molar-refractivity contribution in [3.63, 3.8) is 0 Å². The van der Waals surface area contributed by atoms with Crippen molar-refractivity contribution in [2.45, 2.75) is 19.3 Å². The lowest BCUT2D eigenvalue weighted by Gasteiger charge is -2.21. The highest BCUT2D eigenvalue weighted by molar-refractivity contribution is 5.85. The van der Waals surface area contributed by atoms with Gasteiger partial charge in [0.1, 0.15) is 0 Å². The highest BCUT2D eigenvalue weighted by Gasteiger charge is 2.20. The molecular weight excluding hydrogens is 260 g/mol. The molecule has 1 saturated heterocycles. The third-order valence-corrected chi connectivity index (χ3v) is 4.28. The second kappa shape index (κ2) is 6.72. The number of piperidine rings is 1. The molecular formula is C18H22N2O. The van der Waals surface area contributed by atoms with Crippen molar-refractivity contribution >= 4 is 16.7 Å². The van der Waals surface area contributed by atoms with Gasteiger partial charge in [0.05, 0.1) is 0 Å². The number of carbonyl (C=O) groups excluding carboxylic acids is 1. The predicted octanol–water partition coefficient (Wildman–Crippen LogP) is 2.50. The quantitative estimate of drug-likeness (QED) is 0.904. The average Bonchev–Trinajstić information content (AvgIpc) is 2.56. The molecule has 0 unspecified atom stereocenters. The molecule has 21 heavy (non-hydrogen) atoms. The predicted molar refractivity (Wildman–Crippen MR) is 86.3 cm³/mol. The van der Waals surface area contributed by atoms with Crippen molar-refractivity contribution in [2.75, 3.05) is 19.6 Å². The van der Waals surface area contributed by atoms with Gasteiger partial charge in [-0.2, -0.15) is 0 Å². The summed E-state index contributed by atoms with van der Waals surface area (Å²) in [6.07, 6.45) is 2.80. The van der Waals surface area contributed by atoms with E-state index in [4.69, 9.17) is 0 Å². The summed E-state index contributed by atoms with van der Waals surface area (Å²) in [4.78, 5) is 12.1. The van der Waals surface area contributed by atoms with E-state index in [1.165, 1.54) is 16.3 Å². The number of fused-ring (bicyclic) bond motifs is 1. The molecule has 0 saturated carbocycles. The lowest BCUT2D eigenvalue weighted by molar-refractivity contribution is -0.125. The van der Waals surface area contributed by atoms with E-state index >= 15 is 0 Å². The van der Waals surface area contributed by atoms with Gasteiger partial charge in [0, 0.05) is 12.5 Å². The molecule has 0 spiro atoms. The summed E-state index contributed by atoms with van der Waals surface area (Å²) in [6.45, 7) is 2.64. The normalized spacial score (nSPS) is 16.0. The van der Waals surface area contributed by atoms with Crippen LogP contribution in [-0.4, -0.2) is 25.5 Å². The molecule has 0 aliphatic carbocycles. The van der Waals surface area contributed by atoms with Crippen molar-refractivity contribution in [3.05, 3.63) is 48.0 Å². The van der Waals surface area contributed by atoms with Crippen LogP contribution in [0.2, 0.25) is 0 Å². The van der Waals surface area contributed by atoms with Crippen molar-refractivity contribution < 1.29 is 4.79 Å². The third kappa shape index (κ3) is 3.42. The van der Waals surface area contributed by atoms with Crippen LogP contribution in [0.4, 0.5) is 0 Å². The van der Waals surface area contributed by atoms with Crippen LogP contribution < -0.4 is 10.6 Å². The summed E-state index contributed by atoms with van der Waals surface area (Å²) in [5.74, 6) is 0.413. The van der Waals surface area contributed by atoms with Crippen molar-refractivity contribution in [1.29, 1.82) is 0 Å². The van der Waals surface area contributed by atoms with Crippen LogP contribution in [0.1, 0.15) is 18.4 Å². The summed E-state index contributed by atoms with van der Waals surface area (Å²) in [6, 6.07) is 14.8. The summed E-state index contributed by atoms with van der Waals surface area (Å²) in [5.41, 5.74) is 1.30. The van der Waals surface area contributed by atoms with E-state index in [0.29, 0.717) is 0 Å². The number of hydrogen-bond donors (Lipinski definition) is 2. The molecule has 2 aromatic rings. The van der Waals surface area contributed by atoms with Crippen molar-refractivity contribution in [3.8, 4) is 0 Å². The number of nitrogens with one attached hydrogen (secondary N) is 2. The highest BCUT2D eigenvalue weighted by atomic mass is 16.1. The number of hydrogen-bond acceptors (Lipinski definition) is 2. The van der Waals surface area contributed by atoms with E-state index in [9.17, 15) is 4.79 Å². The fourth-order valence-corrected chi connectivity index (χ4v) is 3.06. The Morgan fingerprint density at radius 3 is 2.71 bits per heavy atom. The van der Waals surface area contributed by atoms with E-state index < -0.39 is 0 Å². The molecule has 3 rings (SSSR count). The summed E-state index contributed by atoms with van der Waals surface area (Å²) in [7, 11) is 0. The zero-order chi connectivity index (χ0) is 14.5. The maximum Gasteiger partial charge on any atom is 0.223 e. The number of amides is 1. The number of carbonyl (C=O) groups is 1. The molecule has 2 aromatic carbocycles. The van der Waals surface area contributed by atoms with E-state index in [1.54, 1.807) is 0 Å². The summed E-state index contributed by atoms with van der Waals surface area (Å²) >= 11 is 0. The molecule has 3 nitrogen and oxygen atoms in total. The first-order valence-corrected chi connectivity index (χ1v) is 7.79. The van der Waals surface area contributed by atoms with Gasteiger partial charge in [-0.1, -0.05) is 42.5 Å². The van der Waals surface area contributed by atoms with Crippen LogP contribution in [0.15, 0.2) is 42.5 Å². The van der Waals surface area contributed by atoms with Crippen LogP contribution in [0.5, 0.6) is 0 Å². The Balaban J connectivity index is 1.58. The number of benzene rings is 2. The Morgan fingerprint density at radius 2 is 1.86 bits per heavy atom. The first-order chi connectivity index (χ1) is 10.3. The lowest BCUT2D eigenvalue weighted by atomic mass is 9.97. The highest BCUT2D eigenvalue weighted by Crippen LogP contribution is 2.18. The Hall–Kier alpha value is -1.87. The minimum Gasteiger partial charge on any atom is -0.356 e. The van der Waals surface area contributed by atoms with E-state index in [2.05, 4.69) is 53.1 Å². The van der Waals surface area contributed by atoms with Crippen LogP contribution in [0.3, 0.4) is 0 Å². The molecule has 0 atom stereocenters. The first kappa shape index (κ1) is 14.1. The van der Waals surface area contributed by atoms with Crippen molar-refractivity contribution in [1.82, 2.24) is 10.6 Å². The Kier molecular flexibility index (Phi) is 4.51. The molecule has 1 amide bonds. The topological polar surface area (TPSA) is 41.1 Å². The smallest absolute Gasteiger partial charge is 0.223 e. The second-order valence-corrected chi connectivity index (χ2v) is 5.70. The summed E-state index contributed by atoms with van der Waals surface area (Å²) < 4.78 is 0. The zero-order valence-electron chi connectivity index (χ0n) is 12.3. The summed E-state index contributed by atoms with van der Waals surface area (Å²) in [5, 5.41) is 8.94. The van der Waals surface area contributed by atoms with Gasteiger partial charge in [-0.15, -0.1) is 0 Å². The minimum absolute atomic E-state index is 0.193. The van der Waals surface area contributed by atoms with Gasteiger partial charge in [0.25, 0.3) is 0 Å². The van der Waals surface area contributed by atoms with Gasteiger partial charge in [-0.25, -0.2) is 0 Å². The standard InChI is InChI=1S/C18H22N2O/c21-18(16-8-11-19-12-9-16)20-13-10-15-6-3-5-14-4-1-2-7-17(14)15/h1-7,16,19H,8-13H2,(H,20,21). The molecule has 110 valence electrons. The number of rotatable bonds is 4. The van der Waals surface area contributed by atoms with Crippen LogP contribution in [-0.2, 0) is 11.2 Å². The van der Waals surface area contributed by atoms with Gasteiger partial charge in [0.15, 0.2) is 0 Å². The lowest BCUT2D eigenvalue weighted by Crippen LogP contribution is -2.38. The zero-order valence-corrected chi connectivity index (χ0v) is 12.3. The molecule has 1 fully saturated rings. The molecule has 1 aliphatic rings. The van der Waals surface area contributed by atoms with Gasteiger partial charge in [-0.05, 0) is 48.7 Å². The maximum absolute atomic E-state index is 12.1. The van der Waals surface area contributed by atoms with E-state index in [-0.39, 0.29) is 11.8 Å². The average molecular weight is 282 g/mol. The first-order valence-electron chi connectivity index (χ1n) is 7.79. The largest absolute Gasteiger partial charge is 0.356 e. The Labute approximate surface area is 125 Å². The van der Waals surface area contributed by atoms with E-state index in [0.717, 1.165) is 38.9 Å². The Morgan fingerprint density at radius 1 is 1.10 bits per heavy atom. The van der Waals surface area contributed by atoms with Crippen LogP contribution >= 0.6 is 0 Å².